The number of rotatable bonds is 37. The SMILES string of the molecule is CCCCCCCCCCCCCCCCCCCc1n(-c2ccccc2)cc[n+]1CCCCCCCCCCCCCCCCCCC. The predicted molar refractivity (Wildman–Crippen MR) is 218 cm³/mol. The molecule has 2 aromatic rings. The zero-order valence-corrected chi connectivity index (χ0v) is 33.4. The molecule has 1 aromatic carbocycles. The highest BCUT2D eigenvalue weighted by molar-refractivity contribution is 5.31. The highest BCUT2D eigenvalue weighted by Crippen LogP contribution is 2.17. The van der Waals surface area contributed by atoms with Crippen LogP contribution in [0.3, 0.4) is 0 Å². The van der Waals surface area contributed by atoms with Crippen LogP contribution in [-0.2, 0) is 13.0 Å². The van der Waals surface area contributed by atoms with E-state index in [1.54, 1.807) is 0 Å². The highest BCUT2D eigenvalue weighted by atomic mass is 15.1. The fourth-order valence-electron chi connectivity index (χ4n) is 7.76. The van der Waals surface area contributed by atoms with Crippen molar-refractivity contribution >= 4 is 0 Å². The van der Waals surface area contributed by atoms with Gasteiger partial charge in [-0.1, -0.05) is 231 Å². The largest absolute Gasteiger partial charge is 0.261 e. The maximum Gasteiger partial charge on any atom is 0.261 e. The van der Waals surface area contributed by atoms with Crippen molar-refractivity contribution in [2.24, 2.45) is 0 Å². The van der Waals surface area contributed by atoms with Crippen LogP contribution in [0.25, 0.3) is 5.69 Å². The van der Waals surface area contributed by atoms with Crippen LogP contribution in [0.4, 0.5) is 0 Å². The average Bonchev–Trinajstić information content (AvgIpc) is 3.53. The van der Waals surface area contributed by atoms with Gasteiger partial charge in [0.05, 0.1) is 6.54 Å². The summed E-state index contributed by atoms with van der Waals surface area (Å²) < 4.78 is 5.03. The zero-order valence-electron chi connectivity index (χ0n) is 33.4. The number of nitrogens with zero attached hydrogens (tertiary/aromatic N) is 2. The molecule has 0 bridgehead atoms. The molecule has 0 fully saturated rings. The highest BCUT2D eigenvalue weighted by Gasteiger charge is 2.18. The van der Waals surface area contributed by atoms with E-state index in [0.29, 0.717) is 0 Å². The first-order valence-corrected chi connectivity index (χ1v) is 22.5. The molecule has 0 aliphatic heterocycles. The molecule has 282 valence electrons. The van der Waals surface area contributed by atoms with Crippen molar-refractivity contribution < 1.29 is 4.57 Å². The van der Waals surface area contributed by atoms with Gasteiger partial charge >= 0.3 is 0 Å². The monoisotopic (exact) mass is 678 g/mol. The quantitative estimate of drug-likeness (QED) is 0.0497. The molecular formula is C47H85N2+. The van der Waals surface area contributed by atoms with Crippen LogP contribution >= 0.6 is 0 Å². The van der Waals surface area contributed by atoms with Crippen LogP contribution in [-0.4, -0.2) is 4.57 Å². The number of para-hydroxylation sites is 1. The van der Waals surface area contributed by atoms with Gasteiger partial charge in [0.1, 0.15) is 18.1 Å². The molecule has 49 heavy (non-hydrogen) atoms. The van der Waals surface area contributed by atoms with E-state index >= 15 is 0 Å². The van der Waals surface area contributed by atoms with Gasteiger partial charge in [0.2, 0.25) is 0 Å². The fourth-order valence-corrected chi connectivity index (χ4v) is 7.76. The third-order valence-electron chi connectivity index (χ3n) is 11.0. The Bertz CT molecular complexity index is 931. The number of benzene rings is 1. The molecule has 0 saturated carbocycles. The van der Waals surface area contributed by atoms with E-state index in [1.807, 2.05) is 0 Å². The first-order chi connectivity index (χ1) is 24.4. The predicted octanol–water partition coefficient (Wildman–Crippen LogP) is 15.6. The summed E-state index contributed by atoms with van der Waals surface area (Å²) in [5.74, 6) is 1.50. The van der Waals surface area contributed by atoms with E-state index in [2.05, 4.69) is 65.7 Å². The lowest BCUT2D eigenvalue weighted by atomic mass is 10.0. The second-order valence-corrected chi connectivity index (χ2v) is 15.7. The number of imidazole rings is 1. The summed E-state index contributed by atoms with van der Waals surface area (Å²) in [7, 11) is 0. The minimum absolute atomic E-state index is 1.17. The summed E-state index contributed by atoms with van der Waals surface area (Å²) in [5, 5.41) is 0. The second-order valence-electron chi connectivity index (χ2n) is 15.7. The Balaban J connectivity index is 1.50. The van der Waals surface area contributed by atoms with Crippen LogP contribution in [0.2, 0.25) is 0 Å². The topological polar surface area (TPSA) is 8.81 Å². The first kappa shape index (κ1) is 43.6. The van der Waals surface area contributed by atoms with Gasteiger partial charge in [-0.2, -0.15) is 4.57 Å². The number of aryl methyl sites for hydroxylation is 1. The molecule has 0 saturated heterocycles. The lowest BCUT2D eigenvalue weighted by Crippen LogP contribution is -2.37. The van der Waals surface area contributed by atoms with Gasteiger partial charge in [0, 0.05) is 6.42 Å². The molecule has 0 atom stereocenters. The van der Waals surface area contributed by atoms with E-state index in [4.69, 9.17) is 0 Å². The third kappa shape index (κ3) is 24.3. The zero-order chi connectivity index (χ0) is 34.7. The van der Waals surface area contributed by atoms with Gasteiger partial charge in [-0.05, 0) is 31.4 Å². The van der Waals surface area contributed by atoms with Crippen molar-refractivity contribution in [2.45, 2.75) is 245 Å². The van der Waals surface area contributed by atoms with Crippen molar-refractivity contribution in [1.82, 2.24) is 4.57 Å². The molecule has 2 rings (SSSR count). The van der Waals surface area contributed by atoms with E-state index in [0.717, 1.165) is 0 Å². The van der Waals surface area contributed by atoms with Crippen molar-refractivity contribution in [3.05, 3.63) is 48.5 Å². The van der Waals surface area contributed by atoms with Crippen molar-refractivity contribution in [2.75, 3.05) is 0 Å². The normalized spacial score (nSPS) is 11.6. The standard InChI is InChI=1S/C47H85N2/c1-3-5-7-9-11-13-15-17-19-21-23-25-27-29-31-33-38-42-47-48(44-45-49(47)46-40-36-35-37-41-46)43-39-34-32-30-28-26-24-22-20-18-16-14-12-10-8-6-4-2/h35-37,40-41,44-45H,3-34,38-39,42-43H2,1-2H3/q+1. The van der Waals surface area contributed by atoms with Gasteiger partial charge in [0.25, 0.3) is 5.82 Å². The summed E-state index contributed by atoms with van der Waals surface area (Å²) in [6, 6.07) is 11.0. The lowest BCUT2D eigenvalue weighted by Gasteiger charge is -2.07. The number of aromatic nitrogens is 2. The smallest absolute Gasteiger partial charge is 0.234 e. The van der Waals surface area contributed by atoms with E-state index in [9.17, 15) is 0 Å². The maximum atomic E-state index is 2.57. The molecule has 0 radical (unpaired) electrons. The average molecular weight is 678 g/mol. The fraction of sp³-hybridized carbons (Fsp3) is 0.809. The molecular weight excluding hydrogens is 593 g/mol. The summed E-state index contributed by atoms with van der Waals surface area (Å²) in [6.07, 6.45) is 54.7. The van der Waals surface area contributed by atoms with Crippen molar-refractivity contribution in [3.8, 4) is 5.69 Å². The minimum atomic E-state index is 1.17. The van der Waals surface area contributed by atoms with Gasteiger partial charge in [0.15, 0.2) is 0 Å². The molecule has 0 aliphatic carbocycles. The molecule has 1 aromatic heterocycles. The Hall–Kier alpha value is -1.57. The van der Waals surface area contributed by atoms with Crippen molar-refractivity contribution in [1.29, 1.82) is 0 Å². The molecule has 0 aliphatic rings. The van der Waals surface area contributed by atoms with Crippen LogP contribution in [0, 0.1) is 0 Å². The Labute approximate surface area is 307 Å². The summed E-state index contributed by atoms with van der Waals surface area (Å²) in [6.45, 7) is 5.79. The first-order valence-electron chi connectivity index (χ1n) is 22.5. The summed E-state index contributed by atoms with van der Waals surface area (Å²) >= 11 is 0. The molecule has 0 amide bonds. The lowest BCUT2D eigenvalue weighted by molar-refractivity contribution is -0.704. The number of hydrogen-bond donors (Lipinski definition) is 0. The summed E-state index contributed by atoms with van der Waals surface area (Å²) in [5.41, 5.74) is 1.31. The van der Waals surface area contributed by atoms with Crippen LogP contribution in [0.15, 0.2) is 42.7 Å². The van der Waals surface area contributed by atoms with Gasteiger partial charge in [-0.15, -0.1) is 0 Å². The Kier molecular flexibility index (Phi) is 29.9. The second kappa shape index (κ2) is 33.6. The molecule has 0 spiro atoms. The Morgan fingerprint density at radius 3 is 1.08 bits per heavy atom. The van der Waals surface area contributed by atoms with E-state index in [1.165, 1.54) is 243 Å². The Morgan fingerprint density at radius 1 is 0.388 bits per heavy atom. The molecule has 0 unspecified atom stereocenters. The van der Waals surface area contributed by atoms with Crippen LogP contribution < -0.4 is 4.57 Å². The Morgan fingerprint density at radius 2 is 0.714 bits per heavy atom. The number of unbranched alkanes of at least 4 members (excludes halogenated alkanes) is 32. The molecule has 2 nitrogen and oxygen atoms in total. The van der Waals surface area contributed by atoms with Crippen molar-refractivity contribution in [3.63, 3.8) is 0 Å². The summed E-state index contributed by atoms with van der Waals surface area (Å²) in [4.78, 5) is 0. The van der Waals surface area contributed by atoms with Gasteiger partial charge < -0.3 is 0 Å². The van der Waals surface area contributed by atoms with E-state index < -0.39 is 0 Å². The molecule has 2 heteroatoms. The molecule has 0 N–H and O–H groups in total. The van der Waals surface area contributed by atoms with E-state index in [-0.39, 0.29) is 0 Å². The van der Waals surface area contributed by atoms with Crippen LogP contribution in [0.5, 0.6) is 0 Å². The maximum absolute atomic E-state index is 2.57. The third-order valence-corrected chi connectivity index (χ3v) is 11.0. The van der Waals surface area contributed by atoms with Gasteiger partial charge in [-0.3, -0.25) is 0 Å². The van der Waals surface area contributed by atoms with Gasteiger partial charge in [-0.25, -0.2) is 4.57 Å². The minimum Gasteiger partial charge on any atom is -0.234 e. The van der Waals surface area contributed by atoms with Crippen LogP contribution in [0.1, 0.15) is 238 Å². The molecule has 1 heterocycles. The number of hydrogen-bond acceptors (Lipinski definition) is 0.